The third kappa shape index (κ3) is 6.63. The number of ether oxygens (including phenoxy) is 2. The van der Waals surface area contributed by atoms with Crippen molar-refractivity contribution in [2.24, 2.45) is 0 Å². The van der Waals surface area contributed by atoms with Crippen molar-refractivity contribution in [3.05, 3.63) is 71.8 Å². The fraction of sp³-hybridized carbons (Fsp3) is 0.318. The monoisotopic (exact) mass is 353 g/mol. The number of nitrogens with one attached hydrogen (secondary N) is 1. The van der Waals surface area contributed by atoms with Crippen molar-refractivity contribution in [3.8, 4) is 11.5 Å². The molecule has 1 N–H and O–H groups in total. The number of hydrogen-bond acceptors (Lipinski definition) is 3. The van der Waals surface area contributed by atoms with Gasteiger partial charge in [-0.25, -0.2) is 0 Å². The van der Waals surface area contributed by atoms with Crippen molar-refractivity contribution < 1.29 is 14.3 Å². The molecule has 0 bridgehead atoms. The molecule has 0 fully saturated rings. The molecule has 0 radical (unpaired) electrons. The van der Waals surface area contributed by atoms with E-state index >= 15 is 0 Å². The molecule has 0 aliphatic carbocycles. The summed E-state index contributed by atoms with van der Waals surface area (Å²) in [5.41, 5.74) is 2.78. The highest BCUT2D eigenvalue weighted by Gasteiger charge is 2.06. The maximum Gasteiger partial charge on any atom is 0.251 e. The van der Waals surface area contributed by atoms with Crippen LogP contribution in [0.5, 0.6) is 11.5 Å². The van der Waals surface area contributed by atoms with Crippen LogP contribution in [0.2, 0.25) is 0 Å². The van der Waals surface area contributed by atoms with Crippen LogP contribution in [0.25, 0.3) is 0 Å². The second-order valence-corrected chi connectivity index (χ2v) is 6.21. The predicted molar refractivity (Wildman–Crippen MR) is 105 cm³/mol. The summed E-state index contributed by atoms with van der Waals surface area (Å²) in [6, 6.07) is 15.3. The van der Waals surface area contributed by atoms with Crippen LogP contribution in [0.15, 0.2) is 60.7 Å². The minimum absolute atomic E-state index is 0.0857. The van der Waals surface area contributed by atoms with E-state index in [1.54, 1.807) is 12.1 Å². The predicted octanol–water partition coefficient (Wildman–Crippen LogP) is 4.40. The van der Waals surface area contributed by atoms with Gasteiger partial charge in [0, 0.05) is 12.1 Å². The van der Waals surface area contributed by atoms with Crippen molar-refractivity contribution in [2.45, 2.75) is 26.7 Å². The zero-order valence-electron chi connectivity index (χ0n) is 15.6. The molecule has 0 saturated heterocycles. The number of carbonyl (C=O) groups excluding carboxylic acids is 1. The van der Waals surface area contributed by atoms with Crippen LogP contribution in [0, 0.1) is 0 Å². The quantitative estimate of drug-likeness (QED) is 0.509. The lowest BCUT2D eigenvalue weighted by molar-refractivity contribution is 0.0953. The topological polar surface area (TPSA) is 47.6 Å². The van der Waals surface area contributed by atoms with E-state index < -0.39 is 0 Å². The summed E-state index contributed by atoms with van der Waals surface area (Å²) >= 11 is 0. The van der Waals surface area contributed by atoms with E-state index in [0.29, 0.717) is 31.1 Å². The maximum atomic E-state index is 12.3. The zero-order valence-corrected chi connectivity index (χ0v) is 15.6. The lowest BCUT2D eigenvalue weighted by Crippen LogP contribution is -2.24. The minimum atomic E-state index is -0.0857. The summed E-state index contributed by atoms with van der Waals surface area (Å²) in [5.74, 6) is 1.48. The summed E-state index contributed by atoms with van der Waals surface area (Å²) in [4.78, 5) is 12.3. The van der Waals surface area contributed by atoms with E-state index in [0.717, 1.165) is 24.2 Å². The Morgan fingerprint density at radius 1 is 1.08 bits per heavy atom. The Labute approximate surface area is 155 Å². The molecule has 0 spiro atoms. The molecule has 1 amide bonds. The molecule has 2 aromatic rings. The van der Waals surface area contributed by atoms with E-state index in [1.165, 1.54) is 5.56 Å². The van der Waals surface area contributed by atoms with Gasteiger partial charge in [-0.2, -0.15) is 0 Å². The van der Waals surface area contributed by atoms with Crippen molar-refractivity contribution in [3.63, 3.8) is 0 Å². The fourth-order valence-corrected chi connectivity index (χ4v) is 2.45. The van der Waals surface area contributed by atoms with E-state index in [-0.39, 0.29) is 5.91 Å². The first-order valence-corrected chi connectivity index (χ1v) is 8.95. The van der Waals surface area contributed by atoms with Gasteiger partial charge in [-0.05, 0) is 68.2 Å². The first-order valence-electron chi connectivity index (χ1n) is 8.95. The minimum Gasteiger partial charge on any atom is -0.494 e. The van der Waals surface area contributed by atoms with Gasteiger partial charge in [0.25, 0.3) is 5.91 Å². The number of benzene rings is 2. The SMILES string of the molecule is C=C(C)COc1cccc(C(=O)NCCCc2ccc(OCC)cc2)c1. The highest BCUT2D eigenvalue weighted by molar-refractivity contribution is 5.94. The van der Waals surface area contributed by atoms with Gasteiger partial charge >= 0.3 is 0 Å². The van der Waals surface area contributed by atoms with Gasteiger partial charge in [0.2, 0.25) is 0 Å². The molecule has 0 aliphatic heterocycles. The van der Waals surface area contributed by atoms with Crippen LogP contribution in [0.1, 0.15) is 36.2 Å². The summed E-state index contributed by atoms with van der Waals surface area (Å²) < 4.78 is 11.0. The molecule has 4 nitrogen and oxygen atoms in total. The van der Waals surface area contributed by atoms with Gasteiger partial charge in [-0.3, -0.25) is 4.79 Å². The smallest absolute Gasteiger partial charge is 0.251 e. The number of aryl methyl sites for hydroxylation is 1. The van der Waals surface area contributed by atoms with E-state index in [9.17, 15) is 4.79 Å². The van der Waals surface area contributed by atoms with Crippen LogP contribution >= 0.6 is 0 Å². The largest absolute Gasteiger partial charge is 0.494 e. The molecule has 26 heavy (non-hydrogen) atoms. The number of carbonyl (C=O) groups is 1. The van der Waals surface area contributed by atoms with Gasteiger partial charge in [0.1, 0.15) is 18.1 Å². The molecule has 0 saturated carbocycles. The first-order chi connectivity index (χ1) is 12.6. The molecular formula is C22H27NO3. The lowest BCUT2D eigenvalue weighted by atomic mass is 10.1. The summed E-state index contributed by atoms with van der Waals surface area (Å²) in [7, 11) is 0. The Balaban J connectivity index is 1.76. The second kappa shape index (κ2) is 10.3. The number of rotatable bonds is 10. The van der Waals surface area contributed by atoms with Crippen molar-refractivity contribution in [1.29, 1.82) is 0 Å². The summed E-state index contributed by atoms with van der Waals surface area (Å²) in [6.07, 6.45) is 1.79. The van der Waals surface area contributed by atoms with Crippen LogP contribution < -0.4 is 14.8 Å². The van der Waals surface area contributed by atoms with Crippen molar-refractivity contribution in [2.75, 3.05) is 19.8 Å². The van der Waals surface area contributed by atoms with E-state index in [4.69, 9.17) is 9.47 Å². The zero-order chi connectivity index (χ0) is 18.8. The Bertz CT molecular complexity index is 722. The van der Waals surface area contributed by atoms with E-state index in [2.05, 4.69) is 24.0 Å². The van der Waals surface area contributed by atoms with Gasteiger partial charge < -0.3 is 14.8 Å². The molecule has 4 heteroatoms. The Hall–Kier alpha value is -2.75. The lowest BCUT2D eigenvalue weighted by Gasteiger charge is -2.09. The Morgan fingerprint density at radius 2 is 1.85 bits per heavy atom. The standard InChI is InChI=1S/C22H27NO3/c1-4-25-20-12-10-18(11-13-20)7-6-14-23-22(24)19-8-5-9-21(15-19)26-16-17(2)3/h5,8-13,15H,2,4,6-7,14,16H2,1,3H3,(H,23,24). The van der Waals surface area contributed by atoms with Gasteiger partial charge in [-0.15, -0.1) is 0 Å². The van der Waals surface area contributed by atoms with E-state index in [1.807, 2.05) is 38.1 Å². The molecule has 0 aliphatic rings. The molecule has 2 aromatic carbocycles. The number of hydrogen-bond donors (Lipinski definition) is 1. The molecule has 0 unspecified atom stereocenters. The summed E-state index contributed by atoms with van der Waals surface area (Å²) in [6.45, 7) is 9.43. The molecule has 0 heterocycles. The van der Waals surface area contributed by atoms with Gasteiger partial charge in [0.15, 0.2) is 0 Å². The van der Waals surface area contributed by atoms with Crippen LogP contribution in [0.3, 0.4) is 0 Å². The molecule has 0 aromatic heterocycles. The second-order valence-electron chi connectivity index (χ2n) is 6.21. The average Bonchev–Trinajstić information content (AvgIpc) is 2.65. The van der Waals surface area contributed by atoms with Crippen LogP contribution in [0.4, 0.5) is 0 Å². The normalized spacial score (nSPS) is 10.2. The van der Waals surface area contributed by atoms with Gasteiger partial charge in [0.05, 0.1) is 6.61 Å². The molecule has 138 valence electrons. The number of amides is 1. The van der Waals surface area contributed by atoms with Crippen LogP contribution in [-0.4, -0.2) is 25.7 Å². The Morgan fingerprint density at radius 3 is 2.54 bits per heavy atom. The highest BCUT2D eigenvalue weighted by Crippen LogP contribution is 2.15. The van der Waals surface area contributed by atoms with Crippen molar-refractivity contribution >= 4 is 5.91 Å². The molecule has 0 atom stereocenters. The first kappa shape index (κ1) is 19.6. The fourth-order valence-electron chi connectivity index (χ4n) is 2.45. The van der Waals surface area contributed by atoms with Crippen molar-refractivity contribution in [1.82, 2.24) is 5.32 Å². The third-order valence-electron chi connectivity index (χ3n) is 3.74. The molecule has 2 rings (SSSR count). The summed E-state index contributed by atoms with van der Waals surface area (Å²) in [5, 5.41) is 2.96. The Kier molecular flexibility index (Phi) is 7.75. The highest BCUT2D eigenvalue weighted by atomic mass is 16.5. The van der Waals surface area contributed by atoms with Gasteiger partial charge in [-0.1, -0.05) is 24.8 Å². The maximum absolute atomic E-state index is 12.3. The average molecular weight is 353 g/mol. The third-order valence-corrected chi connectivity index (χ3v) is 3.74. The molecular weight excluding hydrogens is 326 g/mol. The van der Waals surface area contributed by atoms with Crippen LogP contribution in [-0.2, 0) is 6.42 Å².